The lowest BCUT2D eigenvalue weighted by Crippen LogP contribution is -1.67. The molecule has 4 aromatic rings. The molecule has 2 heterocycles. The van der Waals surface area contributed by atoms with Crippen molar-refractivity contribution in [3.63, 3.8) is 0 Å². The summed E-state index contributed by atoms with van der Waals surface area (Å²) in [6.07, 6.45) is 0. The summed E-state index contributed by atoms with van der Waals surface area (Å²) in [5, 5.41) is 10.1. The van der Waals surface area contributed by atoms with Crippen LogP contribution in [0.1, 0.15) is 12.4 Å². The number of para-hydroxylation sites is 1. The smallest absolute Gasteiger partial charge is 0.148 e. The number of fused-ring (bicyclic) bond motifs is 2. The Labute approximate surface area is 142 Å². The second-order valence-corrected chi connectivity index (χ2v) is 7.34. The first-order valence-corrected chi connectivity index (χ1v) is 8.30. The topological polar surface area (TPSA) is 46.0 Å². The lowest BCUT2D eigenvalue weighted by atomic mass is 10.3. The van der Waals surface area contributed by atoms with E-state index in [1.54, 1.807) is 34.8 Å². The number of aromatic nitrogens is 2. The lowest BCUT2D eigenvalue weighted by molar-refractivity contribution is 0.476. The molecule has 0 fully saturated rings. The van der Waals surface area contributed by atoms with Crippen molar-refractivity contribution >= 4 is 55.7 Å². The minimum atomic E-state index is 0. The Kier molecular flexibility index (Phi) is 5.39. The first kappa shape index (κ1) is 16.7. The van der Waals surface area contributed by atoms with E-state index in [1.807, 2.05) is 37.3 Å². The van der Waals surface area contributed by atoms with Gasteiger partial charge in [-0.1, -0.05) is 19.6 Å². The van der Waals surface area contributed by atoms with Crippen LogP contribution in [-0.4, -0.2) is 15.1 Å². The second-order valence-electron chi connectivity index (χ2n) is 4.35. The lowest BCUT2D eigenvalue weighted by Gasteiger charge is -1.87. The highest BCUT2D eigenvalue weighted by Crippen LogP contribution is 2.24. The Morgan fingerprint density at radius 3 is 2.45 bits per heavy atom. The SMILES string of the molecule is C.Cc1nc2cc(O)ccc2s1.Sc1nc2ccccc2s1. The highest BCUT2D eigenvalue weighted by molar-refractivity contribution is 7.82. The van der Waals surface area contributed by atoms with Gasteiger partial charge in [0.2, 0.25) is 0 Å². The van der Waals surface area contributed by atoms with E-state index in [2.05, 4.69) is 22.6 Å². The highest BCUT2D eigenvalue weighted by Gasteiger charge is 1.99. The standard InChI is InChI=1S/C8H7NOS.C7H5NS2.CH4/c1-5-9-7-4-6(10)2-3-8(7)11-5;9-7-8-5-3-1-2-4-6(5)10-7;/h2-4,10H,1H3;1-4H,(H,8,9);1H4. The van der Waals surface area contributed by atoms with Gasteiger partial charge in [-0.3, -0.25) is 0 Å². The third kappa shape index (κ3) is 3.76. The zero-order chi connectivity index (χ0) is 14.8. The molecule has 0 bridgehead atoms. The monoisotopic (exact) mass is 348 g/mol. The maximum Gasteiger partial charge on any atom is 0.148 e. The molecule has 0 spiro atoms. The number of hydrogen-bond acceptors (Lipinski definition) is 6. The van der Waals surface area contributed by atoms with Gasteiger partial charge in [-0.15, -0.1) is 35.3 Å². The van der Waals surface area contributed by atoms with Crippen molar-refractivity contribution in [2.24, 2.45) is 0 Å². The quantitative estimate of drug-likeness (QED) is 0.411. The molecule has 0 aliphatic carbocycles. The largest absolute Gasteiger partial charge is 0.508 e. The van der Waals surface area contributed by atoms with E-state index < -0.39 is 0 Å². The predicted octanol–water partition coefficient (Wildman–Crippen LogP) is 5.53. The van der Waals surface area contributed by atoms with Crippen LogP contribution in [-0.2, 0) is 0 Å². The van der Waals surface area contributed by atoms with Crippen LogP contribution >= 0.6 is 35.3 Å². The normalized spacial score (nSPS) is 10.1. The first-order valence-electron chi connectivity index (χ1n) is 6.22. The van der Waals surface area contributed by atoms with Gasteiger partial charge >= 0.3 is 0 Å². The zero-order valence-corrected chi connectivity index (χ0v) is 13.7. The van der Waals surface area contributed by atoms with E-state index in [-0.39, 0.29) is 13.2 Å². The van der Waals surface area contributed by atoms with Gasteiger partial charge in [0.25, 0.3) is 0 Å². The third-order valence-electron chi connectivity index (χ3n) is 2.76. The molecule has 0 aliphatic rings. The van der Waals surface area contributed by atoms with E-state index >= 15 is 0 Å². The summed E-state index contributed by atoms with van der Waals surface area (Å²) in [7, 11) is 0. The number of rotatable bonds is 0. The number of nitrogens with zero attached hydrogens (tertiary/aromatic N) is 2. The molecule has 2 aromatic carbocycles. The minimum absolute atomic E-state index is 0. The molecule has 6 heteroatoms. The van der Waals surface area contributed by atoms with Gasteiger partial charge in [0.15, 0.2) is 0 Å². The maximum absolute atomic E-state index is 9.10. The average molecular weight is 349 g/mol. The Hall–Kier alpha value is -1.63. The van der Waals surface area contributed by atoms with Crippen LogP contribution in [0.5, 0.6) is 5.75 Å². The van der Waals surface area contributed by atoms with E-state index in [0.717, 1.165) is 25.1 Å². The van der Waals surface area contributed by atoms with Crippen LogP contribution in [0, 0.1) is 6.92 Å². The van der Waals surface area contributed by atoms with Gasteiger partial charge in [-0.25, -0.2) is 9.97 Å². The van der Waals surface area contributed by atoms with Crippen molar-refractivity contribution in [1.82, 2.24) is 9.97 Å². The summed E-state index contributed by atoms with van der Waals surface area (Å²) < 4.78 is 3.16. The Balaban J connectivity index is 0.000000154. The van der Waals surface area contributed by atoms with Crippen LogP contribution in [0.25, 0.3) is 20.4 Å². The van der Waals surface area contributed by atoms with Crippen molar-refractivity contribution in [2.75, 3.05) is 0 Å². The second kappa shape index (κ2) is 7.09. The summed E-state index contributed by atoms with van der Waals surface area (Å²) in [4.78, 5) is 8.43. The molecule has 0 aliphatic heterocycles. The molecule has 3 nitrogen and oxygen atoms in total. The van der Waals surface area contributed by atoms with Crippen molar-refractivity contribution in [3.8, 4) is 5.75 Å². The average Bonchev–Trinajstić information content (AvgIpc) is 2.99. The van der Waals surface area contributed by atoms with Gasteiger partial charge in [-0.2, -0.15) is 0 Å². The number of thiazole rings is 2. The summed E-state index contributed by atoms with van der Waals surface area (Å²) in [5.41, 5.74) is 1.92. The molecule has 0 atom stereocenters. The summed E-state index contributed by atoms with van der Waals surface area (Å²) >= 11 is 7.39. The fourth-order valence-electron chi connectivity index (χ4n) is 1.89. The fourth-order valence-corrected chi connectivity index (χ4v) is 3.81. The summed E-state index contributed by atoms with van der Waals surface area (Å²) in [6, 6.07) is 13.3. The Morgan fingerprint density at radius 2 is 1.68 bits per heavy atom. The molecular weight excluding hydrogens is 332 g/mol. The number of phenolic OH excluding ortho intramolecular Hbond substituents is 1. The number of hydrogen-bond donors (Lipinski definition) is 2. The number of benzene rings is 2. The number of thiol groups is 1. The third-order valence-corrected chi connectivity index (χ3v) is 4.93. The van der Waals surface area contributed by atoms with Gasteiger partial charge in [0.1, 0.15) is 10.1 Å². The molecule has 4 rings (SSSR count). The number of aryl methyl sites for hydroxylation is 1. The Morgan fingerprint density at radius 1 is 0.955 bits per heavy atom. The fraction of sp³-hybridized carbons (Fsp3) is 0.125. The number of phenols is 1. The van der Waals surface area contributed by atoms with Gasteiger partial charge in [0, 0.05) is 6.07 Å². The summed E-state index contributed by atoms with van der Waals surface area (Å²) in [6.45, 7) is 1.96. The van der Waals surface area contributed by atoms with Crippen LogP contribution in [0.15, 0.2) is 46.8 Å². The van der Waals surface area contributed by atoms with Crippen molar-refractivity contribution in [2.45, 2.75) is 18.7 Å². The maximum atomic E-state index is 9.10. The van der Waals surface area contributed by atoms with Crippen LogP contribution < -0.4 is 0 Å². The molecule has 22 heavy (non-hydrogen) atoms. The molecule has 0 saturated carbocycles. The van der Waals surface area contributed by atoms with Crippen molar-refractivity contribution in [3.05, 3.63) is 47.5 Å². The van der Waals surface area contributed by atoms with Crippen LogP contribution in [0.4, 0.5) is 0 Å². The van der Waals surface area contributed by atoms with E-state index in [1.165, 1.54) is 4.70 Å². The van der Waals surface area contributed by atoms with Gasteiger partial charge in [-0.05, 0) is 31.2 Å². The van der Waals surface area contributed by atoms with Crippen LogP contribution in [0.2, 0.25) is 0 Å². The molecular formula is C16H16N2OS3. The molecule has 2 aromatic heterocycles. The first-order chi connectivity index (χ1) is 10.1. The zero-order valence-electron chi connectivity index (χ0n) is 11.1. The molecule has 0 amide bonds. The van der Waals surface area contributed by atoms with Crippen LogP contribution in [0.3, 0.4) is 0 Å². The molecule has 0 unspecified atom stereocenters. The predicted molar refractivity (Wildman–Crippen MR) is 99.6 cm³/mol. The molecule has 114 valence electrons. The van der Waals surface area contributed by atoms with E-state index in [0.29, 0.717) is 0 Å². The highest BCUT2D eigenvalue weighted by atomic mass is 32.2. The van der Waals surface area contributed by atoms with Crippen molar-refractivity contribution < 1.29 is 5.11 Å². The molecule has 0 saturated heterocycles. The number of aromatic hydroxyl groups is 1. The van der Waals surface area contributed by atoms with E-state index in [9.17, 15) is 0 Å². The van der Waals surface area contributed by atoms with E-state index in [4.69, 9.17) is 5.11 Å². The van der Waals surface area contributed by atoms with Gasteiger partial charge < -0.3 is 5.11 Å². The summed E-state index contributed by atoms with van der Waals surface area (Å²) in [5.74, 6) is 0.280. The molecule has 1 N–H and O–H groups in total. The van der Waals surface area contributed by atoms with Gasteiger partial charge in [0.05, 0.1) is 25.4 Å². The minimum Gasteiger partial charge on any atom is -0.508 e. The molecule has 0 radical (unpaired) electrons. The Bertz CT molecular complexity index is 866. The van der Waals surface area contributed by atoms with Crippen molar-refractivity contribution in [1.29, 1.82) is 0 Å².